The number of fused-ring (bicyclic) bond motifs is 1. The van der Waals surface area contributed by atoms with E-state index in [-0.39, 0.29) is 34.9 Å². The van der Waals surface area contributed by atoms with E-state index in [1.165, 1.54) is 16.7 Å². The fourth-order valence-corrected chi connectivity index (χ4v) is 5.73. The van der Waals surface area contributed by atoms with Crippen LogP contribution in [0.2, 0.25) is 0 Å². The van der Waals surface area contributed by atoms with Crippen LogP contribution >= 0.6 is 11.8 Å². The SMILES string of the molecule is CCCOc1c(C2=C(C(=O)OC(c3ccccc3)c3ccccc3)N3C(=O)C(N)C3SC2)c(=O)c1=O. The Morgan fingerprint density at radius 2 is 1.64 bits per heavy atom. The molecule has 5 rings (SSSR count). The van der Waals surface area contributed by atoms with Gasteiger partial charge in [-0.1, -0.05) is 67.6 Å². The second-order valence-electron chi connectivity index (χ2n) is 8.58. The van der Waals surface area contributed by atoms with E-state index in [0.29, 0.717) is 6.42 Å². The van der Waals surface area contributed by atoms with E-state index in [1.807, 2.05) is 67.6 Å². The van der Waals surface area contributed by atoms with Crippen molar-refractivity contribution in [1.82, 2.24) is 4.90 Å². The molecule has 0 radical (unpaired) electrons. The van der Waals surface area contributed by atoms with Crippen LogP contribution in [-0.4, -0.2) is 40.6 Å². The zero-order valence-electron chi connectivity index (χ0n) is 19.5. The average molecular weight is 505 g/mol. The number of ether oxygens (including phenoxy) is 2. The van der Waals surface area contributed by atoms with Crippen molar-refractivity contribution in [3.8, 4) is 5.75 Å². The molecule has 2 N–H and O–H groups in total. The third-order valence-corrected chi connectivity index (χ3v) is 7.55. The minimum atomic E-state index is -0.775. The Kier molecular flexibility index (Phi) is 6.51. The molecule has 3 aromatic rings. The van der Waals surface area contributed by atoms with Crippen LogP contribution in [0.5, 0.6) is 5.75 Å². The van der Waals surface area contributed by atoms with Gasteiger partial charge in [0.05, 0.1) is 12.2 Å². The quantitative estimate of drug-likeness (QED) is 0.282. The van der Waals surface area contributed by atoms with Crippen LogP contribution in [0.25, 0.3) is 5.57 Å². The number of hydrogen-bond donors (Lipinski definition) is 1. The third kappa shape index (κ3) is 3.94. The molecule has 2 aliphatic rings. The Bertz CT molecular complexity index is 1370. The van der Waals surface area contributed by atoms with Crippen LogP contribution in [0.3, 0.4) is 0 Å². The first-order chi connectivity index (χ1) is 17.4. The Morgan fingerprint density at radius 1 is 1.03 bits per heavy atom. The largest absolute Gasteiger partial charge is 0.489 e. The molecule has 3 aromatic carbocycles. The summed E-state index contributed by atoms with van der Waals surface area (Å²) in [6, 6.07) is 17.7. The highest BCUT2D eigenvalue weighted by molar-refractivity contribution is 8.00. The first kappa shape index (κ1) is 24.0. The lowest BCUT2D eigenvalue weighted by molar-refractivity contribution is -0.152. The number of esters is 1. The van der Waals surface area contributed by atoms with E-state index >= 15 is 0 Å². The van der Waals surface area contributed by atoms with Crippen molar-refractivity contribution in [2.24, 2.45) is 5.73 Å². The molecular weight excluding hydrogens is 480 g/mol. The zero-order valence-corrected chi connectivity index (χ0v) is 20.3. The molecule has 36 heavy (non-hydrogen) atoms. The Hall–Kier alpha value is -3.69. The lowest BCUT2D eigenvalue weighted by Crippen LogP contribution is -2.68. The topological polar surface area (TPSA) is 116 Å². The maximum Gasteiger partial charge on any atom is 0.356 e. The molecule has 9 heteroatoms. The molecule has 1 amide bonds. The average Bonchev–Trinajstić information content (AvgIpc) is 2.93. The molecule has 1 fully saturated rings. The number of nitrogens with two attached hydrogens (primary N) is 1. The van der Waals surface area contributed by atoms with Crippen LogP contribution < -0.4 is 21.3 Å². The minimum absolute atomic E-state index is 0.0376. The maximum atomic E-state index is 13.8. The van der Waals surface area contributed by atoms with Gasteiger partial charge in [0.1, 0.15) is 17.1 Å². The van der Waals surface area contributed by atoms with E-state index < -0.39 is 40.3 Å². The first-order valence-electron chi connectivity index (χ1n) is 11.6. The molecule has 8 nitrogen and oxygen atoms in total. The summed E-state index contributed by atoms with van der Waals surface area (Å²) in [5, 5.41) is -0.456. The van der Waals surface area contributed by atoms with Gasteiger partial charge in [-0.2, -0.15) is 0 Å². The van der Waals surface area contributed by atoms with Crippen molar-refractivity contribution < 1.29 is 19.1 Å². The van der Waals surface area contributed by atoms with Crippen LogP contribution in [0.4, 0.5) is 0 Å². The molecule has 1 saturated heterocycles. The van der Waals surface area contributed by atoms with Crippen LogP contribution in [0, 0.1) is 0 Å². The lowest BCUT2D eigenvalue weighted by Gasteiger charge is -2.48. The number of rotatable bonds is 8. The fourth-order valence-electron chi connectivity index (χ4n) is 4.43. The van der Waals surface area contributed by atoms with Crippen molar-refractivity contribution in [1.29, 1.82) is 0 Å². The summed E-state index contributed by atoms with van der Waals surface area (Å²) >= 11 is 1.33. The van der Waals surface area contributed by atoms with Gasteiger partial charge in [-0.25, -0.2) is 4.79 Å². The fraction of sp³-hybridized carbons (Fsp3) is 0.259. The highest BCUT2D eigenvalue weighted by atomic mass is 32.2. The molecular formula is C27H24N2O6S. The normalized spacial score (nSPS) is 19.3. The Balaban J connectivity index is 1.59. The number of hydrogen-bond acceptors (Lipinski definition) is 8. The molecule has 2 heterocycles. The summed E-state index contributed by atoms with van der Waals surface area (Å²) in [5.41, 5.74) is 6.25. The molecule has 2 aliphatic heterocycles. The molecule has 0 spiro atoms. The van der Waals surface area contributed by atoms with Gasteiger partial charge in [0.2, 0.25) is 11.3 Å². The van der Waals surface area contributed by atoms with Gasteiger partial charge in [-0.15, -0.1) is 11.8 Å². The second-order valence-corrected chi connectivity index (χ2v) is 9.69. The summed E-state index contributed by atoms with van der Waals surface area (Å²) in [4.78, 5) is 52.7. The van der Waals surface area contributed by atoms with Gasteiger partial charge in [0.15, 0.2) is 11.9 Å². The molecule has 184 valence electrons. The predicted octanol–water partition coefficient (Wildman–Crippen LogP) is 2.36. The molecule has 0 bridgehead atoms. The Morgan fingerprint density at radius 3 is 2.22 bits per heavy atom. The number of amides is 1. The van der Waals surface area contributed by atoms with Crippen molar-refractivity contribution in [2.45, 2.75) is 30.9 Å². The van der Waals surface area contributed by atoms with Crippen molar-refractivity contribution in [3.05, 3.63) is 103 Å². The Labute approximate surface area is 211 Å². The van der Waals surface area contributed by atoms with E-state index in [2.05, 4.69) is 0 Å². The van der Waals surface area contributed by atoms with Gasteiger partial charge < -0.3 is 15.2 Å². The van der Waals surface area contributed by atoms with E-state index in [4.69, 9.17) is 15.2 Å². The second kappa shape index (κ2) is 9.75. The number of benzene rings is 2. The van der Waals surface area contributed by atoms with Crippen molar-refractivity contribution in [3.63, 3.8) is 0 Å². The molecule has 0 saturated carbocycles. The smallest absolute Gasteiger partial charge is 0.356 e. The van der Waals surface area contributed by atoms with E-state index in [9.17, 15) is 19.2 Å². The van der Waals surface area contributed by atoms with Gasteiger partial charge in [0.25, 0.3) is 5.43 Å². The summed E-state index contributed by atoms with van der Waals surface area (Å²) in [5.74, 6) is -1.08. The number of β-lactam (4-membered cyclic amide) rings is 1. The highest BCUT2D eigenvalue weighted by Gasteiger charge is 2.53. The predicted molar refractivity (Wildman–Crippen MR) is 136 cm³/mol. The van der Waals surface area contributed by atoms with Crippen LogP contribution in [-0.2, 0) is 14.3 Å². The summed E-state index contributed by atoms with van der Waals surface area (Å²) in [6.45, 7) is 2.13. The summed E-state index contributed by atoms with van der Waals surface area (Å²) in [7, 11) is 0. The summed E-state index contributed by atoms with van der Waals surface area (Å²) in [6.07, 6.45) is -0.117. The molecule has 0 aliphatic carbocycles. The highest BCUT2D eigenvalue weighted by Crippen LogP contribution is 2.44. The van der Waals surface area contributed by atoms with Gasteiger partial charge in [-0.3, -0.25) is 19.3 Å². The number of carbonyl (C=O) groups is 2. The van der Waals surface area contributed by atoms with Gasteiger partial charge >= 0.3 is 5.97 Å². The van der Waals surface area contributed by atoms with E-state index in [1.54, 1.807) is 0 Å². The van der Waals surface area contributed by atoms with Gasteiger partial charge in [-0.05, 0) is 17.5 Å². The van der Waals surface area contributed by atoms with Crippen molar-refractivity contribution in [2.75, 3.05) is 12.4 Å². The summed E-state index contributed by atoms with van der Waals surface area (Å²) < 4.78 is 11.6. The number of nitrogens with zero attached hydrogens (tertiary/aromatic N) is 1. The standard InChI is InChI=1S/C27H24N2O6S/c1-2-13-34-24-18(21(30)22(24)31)17-14-36-26-19(28)25(32)29(26)20(17)27(33)35-23(15-9-5-3-6-10-15)16-11-7-4-8-12-16/h3-12,19,23,26H,2,13-14,28H2,1H3. The molecule has 0 aromatic heterocycles. The monoisotopic (exact) mass is 504 g/mol. The maximum absolute atomic E-state index is 13.8. The molecule has 2 unspecified atom stereocenters. The molecule has 2 atom stereocenters. The van der Waals surface area contributed by atoms with Crippen LogP contribution in [0.15, 0.2) is 75.9 Å². The third-order valence-electron chi connectivity index (χ3n) is 6.25. The lowest BCUT2D eigenvalue weighted by atomic mass is 9.95. The van der Waals surface area contributed by atoms with E-state index in [0.717, 1.165) is 11.1 Å². The van der Waals surface area contributed by atoms with Gasteiger partial charge in [0, 0.05) is 11.3 Å². The van der Waals surface area contributed by atoms with Crippen molar-refractivity contribution >= 4 is 29.2 Å². The number of thioether (sulfide) groups is 1. The minimum Gasteiger partial charge on any atom is -0.489 e. The zero-order chi connectivity index (χ0) is 25.4. The van der Waals surface area contributed by atoms with Crippen LogP contribution in [0.1, 0.15) is 36.1 Å². The first-order valence-corrected chi connectivity index (χ1v) is 12.7. The number of carbonyl (C=O) groups excluding carboxylic acids is 2.